The highest BCUT2D eigenvalue weighted by molar-refractivity contribution is 7.80. The van der Waals surface area contributed by atoms with Crippen LogP contribution in [-0.4, -0.2) is 36.1 Å². The van der Waals surface area contributed by atoms with E-state index in [2.05, 4.69) is 50.0 Å². The first-order valence-electron chi connectivity index (χ1n) is 11.5. The van der Waals surface area contributed by atoms with E-state index >= 15 is 0 Å². The van der Waals surface area contributed by atoms with E-state index in [4.69, 9.17) is 17.0 Å². The van der Waals surface area contributed by atoms with Gasteiger partial charge in [-0.3, -0.25) is 19.8 Å². The Morgan fingerprint density at radius 2 is 1.88 bits per heavy atom. The third-order valence-electron chi connectivity index (χ3n) is 6.82. The Bertz CT molecular complexity index is 1200. The van der Waals surface area contributed by atoms with Crippen LogP contribution in [0.1, 0.15) is 56.7 Å². The second-order valence-corrected chi connectivity index (χ2v) is 9.97. The molecule has 1 unspecified atom stereocenters. The van der Waals surface area contributed by atoms with Crippen LogP contribution in [0.4, 0.5) is 11.4 Å². The van der Waals surface area contributed by atoms with Crippen LogP contribution in [-0.2, 0) is 9.59 Å². The number of rotatable bonds is 4. The first kappa shape index (κ1) is 24.0. The summed E-state index contributed by atoms with van der Waals surface area (Å²) in [6.45, 7) is 11.9. The van der Waals surface area contributed by atoms with Gasteiger partial charge in [-0.05, 0) is 111 Å². The molecule has 0 aromatic heterocycles. The number of nitrogens with one attached hydrogen (secondary N) is 1. The van der Waals surface area contributed by atoms with Crippen LogP contribution in [0.5, 0.6) is 5.75 Å². The smallest absolute Gasteiger partial charge is 0.270 e. The van der Waals surface area contributed by atoms with E-state index in [9.17, 15) is 9.59 Å². The minimum atomic E-state index is -0.485. The van der Waals surface area contributed by atoms with Crippen molar-refractivity contribution in [1.82, 2.24) is 5.32 Å². The summed E-state index contributed by atoms with van der Waals surface area (Å²) in [5.41, 5.74) is 5.04. The van der Waals surface area contributed by atoms with Crippen LogP contribution < -0.4 is 19.9 Å². The summed E-state index contributed by atoms with van der Waals surface area (Å²) in [6.07, 6.45) is 2.72. The minimum absolute atomic E-state index is 0.0589. The average molecular weight is 478 g/mol. The summed E-state index contributed by atoms with van der Waals surface area (Å²) >= 11 is 5.32. The number of carbonyl (C=O) groups is 2. The van der Waals surface area contributed by atoms with E-state index < -0.39 is 11.8 Å². The Labute approximate surface area is 206 Å². The van der Waals surface area contributed by atoms with Gasteiger partial charge in [0, 0.05) is 17.8 Å². The minimum Gasteiger partial charge on any atom is -0.497 e. The molecule has 1 N–H and O–H groups in total. The Morgan fingerprint density at radius 3 is 2.50 bits per heavy atom. The summed E-state index contributed by atoms with van der Waals surface area (Å²) in [4.78, 5) is 30.0. The van der Waals surface area contributed by atoms with Crippen LogP contribution in [0.15, 0.2) is 42.0 Å². The second-order valence-electron chi connectivity index (χ2n) is 9.59. The predicted molar refractivity (Wildman–Crippen MR) is 141 cm³/mol. The molecule has 0 radical (unpaired) electrons. The number of fused-ring (bicyclic) bond motifs is 1. The zero-order valence-electron chi connectivity index (χ0n) is 20.6. The molecule has 0 spiro atoms. The van der Waals surface area contributed by atoms with Crippen molar-refractivity contribution in [2.45, 2.75) is 52.5 Å². The van der Waals surface area contributed by atoms with Gasteiger partial charge in [0.25, 0.3) is 11.8 Å². The second kappa shape index (κ2) is 8.87. The molecule has 2 heterocycles. The van der Waals surface area contributed by atoms with Crippen molar-refractivity contribution in [2.75, 3.05) is 23.5 Å². The molecular formula is C27H31N3O3S. The summed E-state index contributed by atoms with van der Waals surface area (Å²) in [7, 11) is 1.58. The van der Waals surface area contributed by atoms with Crippen molar-refractivity contribution in [2.24, 2.45) is 0 Å². The first-order valence-corrected chi connectivity index (χ1v) is 12.0. The molecule has 1 fully saturated rings. The molecule has 2 amide bonds. The zero-order valence-corrected chi connectivity index (χ0v) is 21.4. The van der Waals surface area contributed by atoms with Crippen molar-refractivity contribution in [3.63, 3.8) is 0 Å². The maximum absolute atomic E-state index is 13.4. The molecule has 0 bridgehead atoms. The van der Waals surface area contributed by atoms with Gasteiger partial charge in [-0.25, -0.2) is 0 Å². The molecule has 34 heavy (non-hydrogen) atoms. The van der Waals surface area contributed by atoms with E-state index in [-0.39, 0.29) is 16.2 Å². The lowest BCUT2D eigenvalue weighted by atomic mass is 9.79. The quantitative estimate of drug-likeness (QED) is 0.384. The number of ether oxygens (including phenoxy) is 1. The number of hydrogen-bond acceptors (Lipinski definition) is 5. The van der Waals surface area contributed by atoms with Crippen LogP contribution in [0.3, 0.4) is 0 Å². The lowest BCUT2D eigenvalue weighted by Crippen LogP contribution is -2.54. The predicted octanol–water partition coefficient (Wildman–Crippen LogP) is 4.95. The van der Waals surface area contributed by atoms with Gasteiger partial charge in [-0.15, -0.1) is 0 Å². The van der Waals surface area contributed by atoms with Crippen LogP contribution in [0.2, 0.25) is 0 Å². The number of thiocarbonyl (C=S) groups is 1. The highest BCUT2D eigenvalue weighted by Crippen LogP contribution is 2.44. The first-order chi connectivity index (χ1) is 16.1. The lowest BCUT2D eigenvalue weighted by Gasteiger charge is -2.47. The van der Waals surface area contributed by atoms with Gasteiger partial charge in [0.15, 0.2) is 5.11 Å². The van der Waals surface area contributed by atoms with Gasteiger partial charge < -0.3 is 9.64 Å². The molecule has 2 aliphatic rings. The number of hydrogen-bond donors (Lipinski definition) is 1. The third kappa shape index (κ3) is 4.09. The van der Waals surface area contributed by atoms with Gasteiger partial charge in [-0.2, -0.15) is 0 Å². The van der Waals surface area contributed by atoms with E-state index in [0.29, 0.717) is 17.4 Å². The highest BCUT2D eigenvalue weighted by atomic mass is 32.1. The zero-order chi connectivity index (χ0) is 24.8. The molecule has 2 aliphatic heterocycles. The van der Waals surface area contributed by atoms with Crippen molar-refractivity contribution in [3.8, 4) is 5.75 Å². The number of aryl methyl sites for hydroxylation is 1. The maximum atomic E-state index is 13.4. The maximum Gasteiger partial charge on any atom is 0.270 e. The molecule has 7 heteroatoms. The van der Waals surface area contributed by atoms with E-state index in [1.165, 1.54) is 16.2 Å². The Balaban J connectivity index is 1.75. The van der Waals surface area contributed by atoms with Gasteiger partial charge in [0.2, 0.25) is 0 Å². The highest BCUT2D eigenvalue weighted by Gasteiger charge is 2.37. The normalized spacial score (nSPS) is 20.9. The number of anilines is 2. The molecular weight excluding hydrogens is 446 g/mol. The number of benzene rings is 2. The van der Waals surface area contributed by atoms with Gasteiger partial charge in [0.05, 0.1) is 12.8 Å². The van der Waals surface area contributed by atoms with E-state index in [0.717, 1.165) is 24.1 Å². The van der Waals surface area contributed by atoms with Crippen molar-refractivity contribution in [3.05, 3.63) is 58.7 Å². The molecule has 1 atom stereocenters. The van der Waals surface area contributed by atoms with Crippen LogP contribution in [0.25, 0.3) is 6.08 Å². The number of methoxy groups -OCH3 is 1. The van der Waals surface area contributed by atoms with Crippen molar-refractivity contribution >= 4 is 46.6 Å². The van der Waals surface area contributed by atoms with Gasteiger partial charge in [0.1, 0.15) is 11.3 Å². The fraction of sp³-hybridized carbons (Fsp3) is 0.370. The summed E-state index contributed by atoms with van der Waals surface area (Å²) in [5.74, 6) is 0.105. The number of nitrogens with zero attached hydrogens (tertiary/aromatic N) is 2. The lowest BCUT2D eigenvalue weighted by molar-refractivity contribution is -0.122. The molecule has 6 nitrogen and oxygen atoms in total. The van der Waals surface area contributed by atoms with Crippen molar-refractivity contribution in [1.29, 1.82) is 0 Å². The fourth-order valence-electron chi connectivity index (χ4n) is 5.18. The number of carbonyl (C=O) groups excluding carboxylic acids is 2. The Kier molecular flexibility index (Phi) is 6.25. The molecule has 1 saturated heterocycles. The Hall–Kier alpha value is -3.19. The summed E-state index contributed by atoms with van der Waals surface area (Å²) < 4.78 is 5.20. The average Bonchev–Trinajstić information content (AvgIpc) is 2.77. The SMILES string of the molecule is CCN1c2cc(C)c(/C=C3/C(=O)NC(=S)N(c4ccc(OC)cc4)C3=O)cc2C(C)CC1(C)C. The summed E-state index contributed by atoms with van der Waals surface area (Å²) in [6, 6.07) is 11.3. The van der Waals surface area contributed by atoms with Crippen molar-refractivity contribution < 1.29 is 14.3 Å². The fourth-order valence-corrected chi connectivity index (χ4v) is 5.46. The van der Waals surface area contributed by atoms with Crippen LogP contribution >= 0.6 is 12.2 Å². The van der Waals surface area contributed by atoms with Gasteiger partial charge >= 0.3 is 0 Å². The van der Waals surface area contributed by atoms with Gasteiger partial charge in [-0.1, -0.05) is 6.92 Å². The standard InChI is InChI=1S/C27H31N3O3S/c1-7-29-23-12-16(2)18(13-21(23)17(3)15-27(29,4)5)14-22-24(31)28-26(34)30(25(22)32)19-8-10-20(33-6)11-9-19/h8-14,17H,7,15H2,1-6H3,(H,28,31,34)/b22-14-. The Morgan fingerprint density at radius 1 is 1.21 bits per heavy atom. The molecule has 2 aromatic rings. The molecule has 2 aromatic carbocycles. The largest absolute Gasteiger partial charge is 0.497 e. The summed E-state index contributed by atoms with van der Waals surface area (Å²) in [5, 5.41) is 2.73. The van der Waals surface area contributed by atoms with Crippen LogP contribution in [0, 0.1) is 6.92 Å². The number of amides is 2. The molecule has 4 rings (SSSR count). The monoisotopic (exact) mass is 477 g/mol. The topological polar surface area (TPSA) is 61.9 Å². The van der Waals surface area contributed by atoms with E-state index in [1.807, 2.05) is 6.92 Å². The molecule has 0 saturated carbocycles. The molecule has 0 aliphatic carbocycles. The van der Waals surface area contributed by atoms with E-state index in [1.54, 1.807) is 37.5 Å². The third-order valence-corrected chi connectivity index (χ3v) is 7.11. The molecule has 178 valence electrons.